The smallest absolute Gasteiger partial charge is 0.356 e. The van der Waals surface area contributed by atoms with E-state index in [1.807, 2.05) is 6.07 Å². The lowest BCUT2D eigenvalue weighted by molar-refractivity contribution is -0.141. The van der Waals surface area contributed by atoms with Crippen molar-refractivity contribution < 1.29 is 56.7 Å². The van der Waals surface area contributed by atoms with Crippen LogP contribution in [0.4, 0.5) is 14.5 Å². The fraction of sp³-hybridized carbons (Fsp3) is 0.431. The number of hydrogen-bond donors (Lipinski definition) is 5. The second-order valence-electron chi connectivity index (χ2n) is 19.2. The Hall–Kier alpha value is -5.84. The second-order valence-corrected chi connectivity index (χ2v) is 22.8. The molecule has 3 atom stereocenters. The Kier molecular flexibility index (Phi) is 16.9. The summed E-state index contributed by atoms with van der Waals surface area (Å²) in [4.78, 5) is 116. The van der Waals surface area contributed by atoms with E-state index < -0.39 is 60.1 Å². The summed E-state index contributed by atoms with van der Waals surface area (Å²) in [6, 6.07) is 14.1. The van der Waals surface area contributed by atoms with Crippen LogP contribution in [-0.2, 0) is 40.7 Å². The number of alkyl halides is 2. The zero-order valence-corrected chi connectivity index (χ0v) is 43.3. The van der Waals surface area contributed by atoms with Gasteiger partial charge in [0, 0.05) is 77.0 Å². The molecule has 21 heteroatoms. The molecule has 3 aliphatic heterocycles. The molecule has 0 radical (unpaired) electrons. The zero-order chi connectivity index (χ0) is 52.1. The van der Waals surface area contributed by atoms with Gasteiger partial charge in [-0.25, -0.2) is 0 Å². The van der Waals surface area contributed by atoms with Gasteiger partial charge in [-0.15, -0.1) is 11.3 Å². The normalized spacial score (nSPS) is 17.5. The Morgan fingerprint density at radius 3 is 2.43 bits per heavy atom. The maximum Gasteiger partial charge on any atom is 0.399 e. The minimum Gasteiger partial charge on any atom is -0.356 e. The van der Waals surface area contributed by atoms with Gasteiger partial charge in [-0.3, -0.25) is 43.4 Å². The van der Waals surface area contributed by atoms with Crippen molar-refractivity contribution in [2.24, 2.45) is 5.41 Å². The molecule has 7 rings (SSSR count). The molecule has 2 fully saturated rings. The molecular weight excluding hydrogens is 1040 g/mol. The van der Waals surface area contributed by atoms with E-state index in [9.17, 15) is 56.7 Å². The number of hydrogen-bond acceptors (Lipinski definition) is 9. The molecule has 5 N–H and O–H groups in total. The molecule has 0 bridgehead atoms. The van der Waals surface area contributed by atoms with Crippen LogP contribution in [0.3, 0.4) is 0 Å². The van der Waals surface area contributed by atoms with Crippen LogP contribution in [-0.4, -0.2) is 98.7 Å². The van der Waals surface area contributed by atoms with Gasteiger partial charge >= 0.3 is 13.3 Å². The third-order valence-corrected chi connectivity index (χ3v) is 15.6. The number of fused-ring (bicyclic) bond motifs is 2. The number of likely N-dealkylation sites (tertiary alicyclic amines) is 1. The van der Waals surface area contributed by atoms with Crippen molar-refractivity contribution in [3.05, 3.63) is 98.3 Å². The first kappa shape index (κ1) is 53.9. The lowest BCUT2D eigenvalue weighted by Crippen LogP contribution is -2.58. The monoisotopic (exact) mass is 1090 g/mol. The summed E-state index contributed by atoms with van der Waals surface area (Å²) in [6.45, 7) is 6.24. The Morgan fingerprint density at radius 1 is 0.986 bits per heavy atom. The Morgan fingerprint density at radius 2 is 1.72 bits per heavy atom. The number of imide groups is 1. The average molecular weight is 1090 g/mol. The number of halogens is 3. The van der Waals surface area contributed by atoms with E-state index in [-0.39, 0.29) is 72.8 Å². The van der Waals surface area contributed by atoms with Gasteiger partial charge in [0.25, 0.3) is 11.8 Å². The van der Waals surface area contributed by atoms with E-state index in [0.29, 0.717) is 41.8 Å². The van der Waals surface area contributed by atoms with Crippen LogP contribution in [0.5, 0.6) is 0 Å². The fourth-order valence-electron chi connectivity index (χ4n) is 9.06. The Balaban J connectivity index is 0.903. The summed E-state index contributed by atoms with van der Waals surface area (Å²) in [6.07, 6.45) is 5.22. The topological polar surface area (TPSA) is 223 Å². The third kappa shape index (κ3) is 12.3. The number of nitrogens with zero attached hydrogens (tertiary/aromatic N) is 3. The third-order valence-electron chi connectivity index (χ3n) is 13.0. The van der Waals surface area contributed by atoms with E-state index in [1.165, 1.54) is 26.8 Å². The number of amides is 7. The molecule has 3 aliphatic rings. The lowest BCUT2D eigenvalue weighted by Gasteiger charge is -2.36. The highest BCUT2D eigenvalue weighted by molar-refractivity contribution is 9.10. The molecule has 382 valence electrons. The van der Waals surface area contributed by atoms with Crippen molar-refractivity contribution in [2.75, 3.05) is 24.5 Å². The fourth-order valence-corrected chi connectivity index (χ4v) is 10.7. The van der Waals surface area contributed by atoms with E-state index in [1.54, 1.807) is 57.2 Å². The van der Waals surface area contributed by atoms with Gasteiger partial charge in [0.15, 0.2) is 0 Å². The number of benzene rings is 3. The Bertz CT molecular complexity index is 2890. The minimum atomic E-state index is -5.83. The standard InChI is InChI=1S/C51H56BrF2N6O10PS/c1-50(2,3)44(57-46(64)41-29-32-28-33(16-22-40(32)72-41)51(53,54)71(68,69)70)49(67)59-26-11-15-39(59)48(66)58(35-19-17-34(52)18-20-35)27-24-42(61)55-25-9-7-5-4-6-8-12-31-13-10-14-36-37(31)30-60(47(36)65)38-21-23-43(62)56-45(38)63/h10,13-14,16-20,22,28-29,38-39,44H,4-7,9,11,15,21,23-27,30H2,1-3H3,(H,55,61)(H,57,64)(H,56,62,63)(H2,68,69,70)/t38?,39-,44+/m0/s1. The highest BCUT2D eigenvalue weighted by Gasteiger charge is 2.50. The molecule has 2 saturated heterocycles. The summed E-state index contributed by atoms with van der Waals surface area (Å²) in [5.41, 5.74) is -3.63. The number of piperidine rings is 1. The molecule has 7 amide bonds. The van der Waals surface area contributed by atoms with Gasteiger partial charge in [-0.05, 0) is 103 Å². The van der Waals surface area contributed by atoms with E-state index in [0.717, 1.165) is 64.8 Å². The summed E-state index contributed by atoms with van der Waals surface area (Å²) < 4.78 is 41.7. The molecule has 1 unspecified atom stereocenters. The number of rotatable bonds is 17. The molecule has 72 heavy (non-hydrogen) atoms. The lowest BCUT2D eigenvalue weighted by atomic mass is 9.85. The number of thiophene rings is 1. The molecule has 1 aromatic heterocycles. The van der Waals surface area contributed by atoms with Crippen LogP contribution in [0.15, 0.2) is 71.2 Å². The zero-order valence-electron chi connectivity index (χ0n) is 40.0. The van der Waals surface area contributed by atoms with Crippen molar-refractivity contribution in [1.29, 1.82) is 0 Å². The predicted octanol–water partition coefficient (Wildman–Crippen LogP) is 7.33. The van der Waals surface area contributed by atoms with Gasteiger partial charge < -0.3 is 35.1 Å². The quantitative estimate of drug-likeness (QED) is 0.0307. The van der Waals surface area contributed by atoms with Crippen molar-refractivity contribution in [3.63, 3.8) is 0 Å². The van der Waals surface area contributed by atoms with Gasteiger partial charge in [0.2, 0.25) is 29.5 Å². The molecule has 3 aromatic carbocycles. The first-order valence-corrected chi connectivity index (χ1v) is 27.0. The number of nitrogens with one attached hydrogen (secondary N) is 3. The highest BCUT2D eigenvalue weighted by atomic mass is 79.9. The highest BCUT2D eigenvalue weighted by Crippen LogP contribution is 2.59. The molecule has 4 aromatic rings. The average Bonchev–Trinajstić information content (AvgIpc) is 4.08. The summed E-state index contributed by atoms with van der Waals surface area (Å²) in [5, 5.41) is 8.24. The van der Waals surface area contributed by atoms with Gasteiger partial charge in [-0.2, -0.15) is 8.78 Å². The van der Waals surface area contributed by atoms with Crippen LogP contribution in [0.25, 0.3) is 10.1 Å². The summed E-state index contributed by atoms with van der Waals surface area (Å²) >= 11 is 4.40. The number of unbranched alkanes of at least 4 members (excludes halogenated alkanes) is 4. The Labute approximate surface area is 427 Å². The molecule has 0 aliphatic carbocycles. The van der Waals surface area contributed by atoms with Gasteiger partial charge in [0.1, 0.15) is 18.1 Å². The van der Waals surface area contributed by atoms with Crippen molar-refractivity contribution >= 4 is 92.0 Å². The van der Waals surface area contributed by atoms with Crippen molar-refractivity contribution in [1.82, 2.24) is 25.8 Å². The molecule has 16 nitrogen and oxygen atoms in total. The van der Waals surface area contributed by atoms with E-state index in [2.05, 4.69) is 43.7 Å². The predicted molar refractivity (Wildman–Crippen MR) is 270 cm³/mol. The van der Waals surface area contributed by atoms with Gasteiger partial charge in [-0.1, -0.05) is 73.5 Å². The largest absolute Gasteiger partial charge is 0.399 e. The van der Waals surface area contributed by atoms with Crippen LogP contribution in [0, 0.1) is 17.3 Å². The first-order valence-electron chi connectivity index (χ1n) is 23.7. The minimum absolute atomic E-state index is 0.00752. The van der Waals surface area contributed by atoms with Crippen LogP contribution in [0.1, 0.15) is 122 Å². The number of carbonyl (C=O) groups excluding carboxylic acids is 7. The van der Waals surface area contributed by atoms with Crippen molar-refractivity contribution in [3.8, 4) is 11.8 Å². The van der Waals surface area contributed by atoms with Crippen LogP contribution < -0.4 is 20.9 Å². The van der Waals surface area contributed by atoms with Crippen molar-refractivity contribution in [2.45, 2.75) is 115 Å². The SMILES string of the molecule is CC(C)(C)[C@H](NC(=O)c1cc2cc(C(F)(F)P(=O)(O)O)ccc2s1)C(=O)N1CCC[C@H]1C(=O)N(CCC(=O)NCCCCCCC#Cc1cccc2c1CN(C1CCC(=O)NC1=O)C2=O)c1ccc(Br)cc1. The maximum atomic E-state index is 14.5. The van der Waals surface area contributed by atoms with E-state index in [4.69, 9.17) is 0 Å². The molecule has 0 spiro atoms. The first-order chi connectivity index (χ1) is 34.0. The molecule has 4 heterocycles. The maximum absolute atomic E-state index is 14.5. The van der Waals surface area contributed by atoms with Gasteiger partial charge in [0.05, 0.1) is 4.88 Å². The van der Waals surface area contributed by atoms with Crippen LogP contribution >= 0.6 is 34.9 Å². The van der Waals surface area contributed by atoms with E-state index >= 15 is 0 Å². The second kappa shape index (κ2) is 22.5. The molecule has 0 saturated carbocycles. The summed E-state index contributed by atoms with van der Waals surface area (Å²) in [5.74, 6) is 3.56. The number of anilines is 1. The van der Waals surface area contributed by atoms with Crippen LogP contribution in [0.2, 0.25) is 0 Å². The number of carbonyl (C=O) groups is 7. The summed E-state index contributed by atoms with van der Waals surface area (Å²) in [7, 11) is -5.83. The molecular formula is C51H56BrF2N6O10PS.